The molecule has 0 aromatic carbocycles. The second-order valence-corrected chi connectivity index (χ2v) is 5.44. The molecule has 0 radical (unpaired) electrons. The van der Waals surface area contributed by atoms with E-state index in [-0.39, 0.29) is 6.04 Å². The van der Waals surface area contributed by atoms with E-state index in [4.69, 9.17) is 5.73 Å². The Hall–Kier alpha value is -0.590. The number of thioether (sulfide) groups is 1. The predicted molar refractivity (Wildman–Crippen MR) is 71.5 cm³/mol. The highest BCUT2D eigenvalue weighted by molar-refractivity contribution is 9.10. The van der Waals surface area contributed by atoms with Gasteiger partial charge < -0.3 is 10.7 Å². The van der Waals surface area contributed by atoms with Crippen molar-refractivity contribution in [3.8, 4) is 0 Å². The quantitative estimate of drug-likeness (QED) is 0.910. The van der Waals surface area contributed by atoms with Gasteiger partial charge in [0.05, 0.1) is 11.6 Å². The Balaban J connectivity index is 2.25. The fraction of sp³-hybridized carbons (Fsp3) is 0.400. The summed E-state index contributed by atoms with van der Waals surface area (Å²) in [5.41, 5.74) is 7.68. The Kier molecular flexibility index (Phi) is 3.83. The average molecular weight is 301 g/mol. The summed E-state index contributed by atoms with van der Waals surface area (Å²) in [6, 6.07) is 1.92. The van der Waals surface area contributed by atoms with E-state index in [1.807, 2.05) is 6.07 Å². The van der Waals surface area contributed by atoms with Crippen LogP contribution in [0.25, 0.3) is 11.2 Å². The summed E-state index contributed by atoms with van der Waals surface area (Å²) < 4.78 is 0.938. The van der Waals surface area contributed by atoms with Gasteiger partial charge in [0, 0.05) is 10.7 Å². The smallest absolute Gasteiger partial charge is 0.177 e. The number of aromatic nitrogens is 3. The Labute approximate surface area is 107 Å². The lowest BCUT2D eigenvalue weighted by Gasteiger charge is -2.06. The van der Waals surface area contributed by atoms with Gasteiger partial charge in [0.25, 0.3) is 0 Å². The monoisotopic (exact) mass is 300 g/mol. The van der Waals surface area contributed by atoms with Crippen LogP contribution >= 0.6 is 27.7 Å². The number of halogens is 1. The molecule has 0 aliphatic heterocycles. The highest BCUT2D eigenvalue weighted by atomic mass is 79.9. The summed E-state index contributed by atoms with van der Waals surface area (Å²) in [4.78, 5) is 11.8. The number of rotatable bonds is 4. The van der Waals surface area contributed by atoms with Crippen molar-refractivity contribution in [1.82, 2.24) is 15.0 Å². The van der Waals surface area contributed by atoms with E-state index in [2.05, 4.69) is 37.1 Å². The standard InChI is InChI=1S/C10H13BrN4S/c1-16-3-2-7(12)9-14-8-4-6(11)5-13-10(8)15-9/h4-5,7H,2-3,12H2,1H3,(H,13,14,15). The van der Waals surface area contributed by atoms with Gasteiger partial charge in [-0.2, -0.15) is 11.8 Å². The van der Waals surface area contributed by atoms with Crippen LogP contribution in [0.4, 0.5) is 0 Å². The zero-order valence-electron chi connectivity index (χ0n) is 8.90. The minimum Gasteiger partial charge on any atom is -0.339 e. The number of fused-ring (bicyclic) bond motifs is 1. The van der Waals surface area contributed by atoms with Gasteiger partial charge in [0.2, 0.25) is 0 Å². The van der Waals surface area contributed by atoms with Crippen LogP contribution in [0.15, 0.2) is 16.7 Å². The van der Waals surface area contributed by atoms with E-state index < -0.39 is 0 Å². The van der Waals surface area contributed by atoms with Crippen LogP contribution < -0.4 is 5.73 Å². The van der Waals surface area contributed by atoms with Crippen molar-refractivity contribution in [1.29, 1.82) is 0 Å². The zero-order chi connectivity index (χ0) is 11.5. The summed E-state index contributed by atoms with van der Waals surface area (Å²) in [5, 5.41) is 0. The lowest BCUT2D eigenvalue weighted by Crippen LogP contribution is -2.12. The van der Waals surface area contributed by atoms with Gasteiger partial charge in [-0.25, -0.2) is 9.97 Å². The molecule has 0 aliphatic rings. The molecule has 2 aromatic heterocycles. The van der Waals surface area contributed by atoms with Crippen molar-refractivity contribution in [3.05, 3.63) is 22.6 Å². The molecule has 0 aliphatic carbocycles. The molecule has 0 spiro atoms. The van der Waals surface area contributed by atoms with Gasteiger partial charge in [-0.05, 0) is 40.4 Å². The molecule has 2 aromatic rings. The average Bonchev–Trinajstić information content (AvgIpc) is 2.68. The fourth-order valence-electron chi connectivity index (χ4n) is 1.45. The second kappa shape index (κ2) is 5.16. The summed E-state index contributed by atoms with van der Waals surface area (Å²) in [6.45, 7) is 0. The fourth-order valence-corrected chi connectivity index (χ4v) is 2.27. The highest BCUT2D eigenvalue weighted by Crippen LogP contribution is 2.19. The maximum atomic E-state index is 6.04. The Morgan fingerprint density at radius 2 is 2.44 bits per heavy atom. The van der Waals surface area contributed by atoms with Gasteiger partial charge in [-0.15, -0.1) is 0 Å². The first-order valence-corrected chi connectivity index (χ1v) is 7.15. The number of nitrogens with zero attached hydrogens (tertiary/aromatic N) is 2. The number of hydrogen-bond donors (Lipinski definition) is 2. The first-order valence-electron chi connectivity index (χ1n) is 4.96. The molecule has 0 bridgehead atoms. The third kappa shape index (κ3) is 2.56. The molecule has 2 rings (SSSR count). The van der Waals surface area contributed by atoms with E-state index in [1.165, 1.54) is 0 Å². The molecule has 0 saturated carbocycles. The van der Waals surface area contributed by atoms with Crippen molar-refractivity contribution in [3.63, 3.8) is 0 Å². The third-order valence-corrected chi connectivity index (χ3v) is 3.38. The van der Waals surface area contributed by atoms with Crippen LogP contribution in [0.5, 0.6) is 0 Å². The summed E-state index contributed by atoms with van der Waals surface area (Å²) in [5.74, 6) is 1.85. The number of aromatic amines is 1. The highest BCUT2D eigenvalue weighted by Gasteiger charge is 2.11. The normalized spacial score (nSPS) is 13.2. The van der Waals surface area contributed by atoms with Crippen LogP contribution in [0.3, 0.4) is 0 Å². The number of nitrogens with two attached hydrogens (primary N) is 1. The number of hydrogen-bond acceptors (Lipinski definition) is 4. The van der Waals surface area contributed by atoms with Crippen LogP contribution in [0.1, 0.15) is 18.3 Å². The van der Waals surface area contributed by atoms with E-state index >= 15 is 0 Å². The number of imidazole rings is 1. The van der Waals surface area contributed by atoms with Gasteiger partial charge in [-0.1, -0.05) is 0 Å². The largest absolute Gasteiger partial charge is 0.339 e. The van der Waals surface area contributed by atoms with Crippen molar-refractivity contribution in [2.24, 2.45) is 5.73 Å². The summed E-state index contributed by atoms with van der Waals surface area (Å²) in [6.07, 6.45) is 4.73. The molecule has 0 saturated heterocycles. The van der Waals surface area contributed by atoms with E-state index in [0.717, 1.165) is 33.6 Å². The van der Waals surface area contributed by atoms with Crippen molar-refractivity contribution in [2.45, 2.75) is 12.5 Å². The van der Waals surface area contributed by atoms with Crippen molar-refractivity contribution in [2.75, 3.05) is 12.0 Å². The van der Waals surface area contributed by atoms with Gasteiger partial charge in [-0.3, -0.25) is 0 Å². The first kappa shape index (κ1) is 11.9. The maximum absolute atomic E-state index is 6.04. The van der Waals surface area contributed by atoms with E-state index in [1.54, 1.807) is 18.0 Å². The third-order valence-electron chi connectivity index (χ3n) is 2.31. The lowest BCUT2D eigenvalue weighted by molar-refractivity contribution is 0.666. The number of pyridine rings is 1. The van der Waals surface area contributed by atoms with Gasteiger partial charge >= 0.3 is 0 Å². The van der Waals surface area contributed by atoms with Gasteiger partial charge in [0.1, 0.15) is 5.82 Å². The Morgan fingerprint density at radius 3 is 3.19 bits per heavy atom. The molecular formula is C10H13BrN4S. The number of H-pyrrole nitrogens is 1. The van der Waals surface area contributed by atoms with Crippen molar-refractivity contribution >= 4 is 38.9 Å². The molecule has 1 unspecified atom stereocenters. The van der Waals surface area contributed by atoms with Crippen LogP contribution in [-0.4, -0.2) is 27.0 Å². The van der Waals surface area contributed by atoms with Crippen LogP contribution in [-0.2, 0) is 0 Å². The molecule has 86 valence electrons. The topological polar surface area (TPSA) is 67.6 Å². The summed E-state index contributed by atoms with van der Waals surface area (Å²) >= 11 is 5.16. The Bertz CT molecular complexity index is 485. The van der Waals surface area contributed by atoms with Crippen molar-refractivity contribution < 1.29 is 0 Å². The second-order valence-electron chi connectivity index (χ2n) is 3.53. The van der Waals surface area contributed by atoms with E-state index in [0.29, 0.717) is 0 Å². The van der Waals surface area contributed by atoms with Crippen LogP contribution in [0.2, 0.25) is 0 Å². The molecule has 2 heterocycles. The molecule has 3 N–H and O–H groups in total. The minimum atomic E-state index is -0.0413. The molecule has 6 heteroatoms. The zero-order valence-corrected chi connectivity index (χ0v) is 11.3. The minimum absolute atomic E-state index is 0.0413. The van der Waals surface area contributed by atoms with Gasteiger partial charge in [0.15, 0.2) is 5.65 Å². The SMILES string of the molecule is CSCCC(N)c1nc2ncc(Br)cc2[nH]1. The molecule has 1 atom stereocenters. The predicted octanol–water partition coefficient (Wildman–Crippen LogP) is 2.47. The first-order chi connectivity index (χ1) is 7.70. The summed E-state index contributed by atoms with van der Waals surface area (Å²) in [7, 11) is 0. The molecule has 16 heavy (non-hydrogen) atoms. The molecule has 0 amide bonds. The van der Waals surface area contributed by atoms with Crippen LogP contribution in [0, 0.1) is 0 Å². The maximum Gasteiger partial charge on any atom is 0.177 e. The molecule has 0 fully saturated rings. The number of nitrogens with one attached hydrogen (secondary N) is 1. The Morgan fingerprint density at radius 1 is 1.62 bits per heavy atom. The van der Waals surface area contributed by atoms with E-state index in [9.17, 15) is 0 Å². The lowest BCUT2D eigenvalue weighted by atomic mass is 10.2. The molecule has 4 nitrogen and oxygen atoms in total. The molecular weight excluding hydrogens is 288 g/mol.